The van der Waals surface area contributed by atoms with Crippen molar-refractivity contribution in [1.29, 1.82) is 0 Å². The van der Waals surface area contributed by atoms with Crippen molar-refractivity contribution in [2.24, 2.45) is 7.05 Å². The molecule has 5 nitrogen and oxygen atoms in total. The maximum absolute atomic E-state index is 13.8. The summed E-state index contributed by atoms with van der Waals surface area (Å²) < 4.78 is 33.7. The molecular weight excluding hydrogens is 280 g/mol. The van der Waals surface area contributed by atoms with Gasteiger partial charge in [-0.25, -0.2) is 13.6 Å². The number of hydrogen-bond acceptors (Lipinski definition) is 4. The molecule has 1 aromatic carbocycles. The number of aromatic nitrogens is 2. The summed E-state index contributed by atoms with van der Waals surface area (Å²) in [7, 11) is 2.92. The molecule has 0 aliphatic carbocycles. The molecule has 0 saturated carbocycles. The Hall–Kier alpha value is -2.44. The standard InChI is InChI=1S/C14H15F2N3O2/c1-19-9(6-8-18-19)5-7-17-11-4-3-10(14(20)21-2)12(15)13(11)16/h3-4,6,8,17H,5,7H2,1-2H3. The minimum Gasteiger partial charge on any atom is -0.465 e. The molecule has 21 heavy (non-hydrogen) atoms. The van der Waals surface area contributed by atoms with Crippen LogP contribution in [-0.4, -0.2) is 29.4 Å². The molecule has 112 valence electrons. The highest BCUT2D eigenvalue weighted by molar-refractivity contribution is 5.90. The summed E-state index contributed by atoms with van der Waals surface area (Å²) in [6, 6.07) is 4.35. The van der Waals surface area contributed by atoms with Crippen LogP contribution in [-0.2, 0) is 18.2 Å². The molecule has 2 aromatic rings. The van der Waals surface area contributed by atoms with Gasteiger partial charge >= 0.3 is 5.97 Å². The Morgan fingerprint density at radius 1 is 1.33 bits per heavy atom. The normalized spacial score (nSPS) is 10.5. The van der Waals surface area contributed by atoms with Crippen molar-refractivity contribution in [3.8, 4) is 0 Å². The van der Waals surface area contributed by atoms with Crippen LogP contribution >= 0.6 is 0 Å². The zero-order chi connectivity index (χ0) is 15.4. The van der Waals surface area contributed by atoms with Gasteiger partial charge in [0.2, 0.25) is 0 Å². The Morgan fingerprint density at radius 2 is 2.10 bits per heavy atom. The number of nitrogens with one attached hydrogen (secondary N) is 1. The van der Waals surface area contributed by atoms with Crippen LogP contribution in [0.25, 0.3) is 0 Å². The summed E-state index contributed by atoms with van der Waals surface area (Å²) in [6.07, 6.45) is 2.27. The molecule has 0 unspecified atom stereocenters. The maximum atomic E-state index is 13.8. The molecule has 1 aromatic heterocycles. The van der Waals surface area contributed by atoms with E-state index in [0.717, 1.165) is 12.8 Å². The van der Waals surface area contributed by atoms with Crippen molar-refractivity contribution < 1.29 is 18.3 Å². The fourth-order valence-corrected chi connectivity index (χ4v) is 1.93. The third kappa shape index (κ3) is 3.18. The van der Waals surface area contributed by atoms with Gasteiger partial charge in [0.25, 0.3) is 0 Å². The van der Waals surface area contributed by atoms with Gasteiger partial charge in [-0.1, -0.05) is 0 Å². The average molecular weight is 295 g/mol. The molecular formula is C14H15F2N3O2. The number of benzene rings is 1. The number of hydrogen-bond donors (Lipinski definition) is 1. The van der Waals surface area contributed by atoms with Gasteiger partial charge in [-0.15, -0.1) is 0 Å². The zero-order valence-electron chi connectivity index (χ0n) is 11.7. The highest BCUT2D eigenvalue weighted by Gasteiger charge is 2.18. The molecule has 0 spiro atoms. The second-order valence-electron chi connectivity index (χ2n) is 4.40. The summed E-state index contributed by atoms with van der Waals surface area (Å²) in [5.41, 5.74) is 0.545. The van der Waals surface area contributed by atoms with E-state index in [4.69, 9.17) is 0 Å². The SMILES string of the molecule is COC(=O)c1ccc(NCCc2ccnn2C)c(F)c1F. The summed E-state index contributed by atoms with van der Waals surface area (Å²) in [6.45, 7) is 0.410. The summed E-state index contributed by atoms with van der Waals surface area (Å²) in [4.78, 5) is 11.2. The van der Waals surface area contributed by atoms with Crippen LogP contribution in [0.1, 0.15) is 16.1 Å². The highest BCUT2D eigenvalue weighted by atomic mass is 19.2. The van der Waals surface area contributed by atoms with Crippen LogP contribution in [0.3, 0.4) is 0 Å². The third-order valence-corrected chi connectivity index (χ3v) is 3.11. The molecule has 0 aliphatic heterocycles. The van der Waals surface area contributed by atoms with Crippen molar-refractivity contribution in [1.82, 2.24) is 9.78 Å². The lowest BCUT2D eigenvalue weighted by Crippen LogP contribution is -2.12. The average Bonchev–Trinajstić information content (AvgIpc) is 2.88. The Bertz CT molecular complexity index is 656. The number of methoxy groups -OCH3 is 1. The molecule has 0 saturated heterocycles. The second-order valence-corrected chi connectivity index (χ2v) is 4.40. The van der Waals surface area contributed by atoms with E-state index in [0.29, 0.717) is 13.0 Å². The van der Waals surface area contributed by atoms with Crippen molar-refractivity contribution >= 4 is 11.7 Å². The molecule has 2 rings (SSSR count). The number of esters is 1. The first-order chi connectivity index (χ1) is 10.0. The number of rotatable bonds is 5. The molecule has 1 heterocycles. The number of aryl methyl sites for hydroxylation is 1. The lowest BCUT2D eigenvalue weighted by Gasteiger charge is -2.10. The molecule has 0 radical (unpaired) electrons. The number of ether oxygens (including phenoxy) is 1. The molecule has 0 aliphatic rings. The van der Waals surface area contributed by atoms with E-state index in [1.165, 1.54) is 12.1 Å². The smallest absolute Gasteiger partial charge is 0.340 e. The highest BCUT2D eigenvalue weighted by Crippen LogP contribution is 2.21. The van der Waals surface area contributed by atoms with Gasteiger partial charge < -0.3 is 10.1 Å². The van der Waals surface area contributed by atoms with E-state index in [1.807, 2.05) is 6.07 Å². The Morgan fingerprint density at radius 3 is 2.71 bits per heavy atom. The van der Waals surface area contributed by atoms with Crippen LogP contribution in [0, 0.1) is 11.6 Å². The predicted molar refractivity (Wildman–Crippen MR) is 73.1 cm³/mol. The van der Waals surface area contributed by atoms with E-state index >= 15 is 0 Å². The molecule has 0 amide bonds. The second kappa shape index (κ2) is 6.34. The van der Waals surface area contributed by atoms with Gasteiger partial charge in [0.05, 0.1) is 18.4 Å². The third-order valence-electron chi connectivity index (χ3n) is 3.11. The largest absolute Gasteiger partial charge is 0.465 e. The van der Waals surface area contributed by atoms with Gasteiger partial charge in [0.15, 0.2) is 11.6 Å². The molecule has 0 bridgehead atoms. The summed E-state index contributed by atoms with van der Waals surface area (Å²) >= 11 is 0. The molecule has 7 heteroatoms. The number of anilines is 1. The first kappa shape index (κ1) is 15.0. The minimum absolute atomic E-state index is 0.00215. The summed E-state index contributed by atoms with van der Waals surface area (Å²) in [5, 5.41) is 6.81. The molecule has 0 atom stereocenters. The number of halogens is 2. The fourth-order valence-electron chi connectivity index (χ4n) is 1.93. The molecule has 1 N–H and O–H groups in total. The Kier molecular flexibility index (Phi) is 4.52. The van der Waals surface area contributed by atoms with E-state index in [9.17, 15) is 13.6 Å². The van der Waals surface area contributed by atoms with Gasteiger partial charge in [-0.3, -0.25) is 4.68 Å². The first-order valence-corrected chi connectivity index (χ1v) is 6.31. The zero-order valence-corrected chi connectivity index (χ0v) is 11.7. The minimum atomic E-state index is -1.22. The van der Waals surface area contributed by atoms with Crippen molar-refractivity contribution in [2.45, 2.75) is 6.42 Å². The first-order valence-electron chi connectivity index (χ1n) is 6.31. The van der Waals surface area contributed by atoms with Crippen LogP contribution in [0.15, 0.2) is 24.4 Å². The van der Waals surface area contributed by atoms with Gasteiger partial charge in [0.1, 0.15) is 0 Å². The van der Waals surface area contributed by atoms with Gasteiger partial charge in [-0.2, -0.15) is 5.10 Å². The van der Waals surface area contributed by atoms with E-state index in [2.05, 4.69) is 15.2 Å². The Labute approximate surface area is 120 Å². The van der Waals surface area contributed by atoms with Crippen molar-refractivity contribution in [3.05, 3.63) is 47.3 Å². The van der Waals surface area contributed by atoms with Crippen LogP contribution in [0.4, 0.5) is 14.5 Å². The predicted octanol–water partition coefficient (Wildman–Crippen LogP) is 2.14. The van der Waals surface area contributed by atoms with Crippen molar-refractivity contribution in [2.75, 3.05) is 19.0 Å². The topological polar surface area (TPSA) is 56.1 Å². The van der Waals surface area contributed by atoms with Crippen molar-refractivity contribution in [3.63, 3.8) is 0 Å². The van der Waals surface area contributed by atoms with E-state index in [-0.39, 0.29) is 5.69 Å². The molecule has 0 fully saturated rings. The van der Waals surface area contributed by atoms with E-state index < -0.39 is 23.2 Å². The van der Waals surface area contributed by atoms with Crippen LogP contribution < -0.4 is 5.32 Å². The van der Waals surface area contributed by atoms with Gasteiger partial charge in [-0.05, 0) is 18.2 Å². The maximum Gasteiger partial charge on any atom is 0.340 e. The van der Waals surface area contributed by atoms with Crippen LogP contribution in [0.2, 0.25) is 0 Å². The fraction of sp³-hybridized carbons (Fsp3) is 0.286. The number of nitrogens with zero attached hydrogens (tertiary/aromatic N) is 2. The number of carbonyl (C=O) groups is 1. The lowest BCUT2D eigenvalue weighted by molar-refractivity contribution is 0.0594. The quantitative estimate of drug-likeness (QED) is 0.859. The lowest BCUT2D eigenvalue weighted by atomic mass is 10.1. The van der Waals surface area contributed by atoms with Crippen LogP contribution in [0.5, 0.6) is 0 Å². The monoisotopic (exact) mass is 295 g/mol. The number of carbonyl (C=O) groups excluding carboxylic acids is 1. The summed E-state index contributed by atoms with van der Waals surface area (Å²) in [5.74, 6) is -3.22. The van der Waals surface area contributed by atoms with E-state index in [1.54, 1.807) is 17.9 Å². The van der Waals surface area contributed by atoms with Gasteiger partial charge in [0, 0.05) is 31.9 Å². The Balaban J connectivity index is 2.06.